The fourth-order valence-electron chi connectivity index (χ4n) is 11.6. The molecule has 64 heavy (non-hydrogen) atoms. The largest absolute Gasteiger partial charge is 0.350 e. The molecule has 2 aromatic heterocycles. The number of hydrogen-bond donors (Lipinski definition) is 2. The molecule has 0 bridgehead atoms. The minimum absolute atomic E-state index is 0.0463. The maximum absolute atomic E-state index is 15.8. The number of nitrogens with zero attached hydrogens (tertiary/aromatic N) is 6. The number of carbonyl (C=O) groups excluding carboxylic acids is 3. The molecule has 2 aliphatic carbocycles. The molecule has 5 heterocycles. The van der Waals surface area contributed by atoms with Crippen molar-refractivity contribution in [1.29, 1.82) is 0 Å². The Kier molecular flexibility index (Phi) is 12.7. The van der Waals surface area contributed by atoms with Crippen LogP contribution in [0.4, 0.5) is 21.6 Å². The number of likely N-dealkylation sites (tertiary alicyclic amines) is 2. The third-order valence-corrected chi connectivity index (χ3v) is 15.3. The van der Waals surface area contributed by atoms with Gasteiger partial charge in [0.2, 0.25) is 11.8 Å². The Morgan fingerprint density at radius 2 is 1.61 bits per heavy atom. The van der Waals surface area contributed by atoms with E-state index in [2.05, 4.69) is 59.8 Å². The zero-order valence-corrected chi connectivity index (χ0v) is 38.9. The van der Waals surface area contributed by atoms with E-state index in [1.54, 1.807) is 26.2 Å². The summed E-state index contributed by atoms with van der Waals surface area (Å²) >= 11 is 0. The van der Waals surface area contributed by atoms with Crippen LogP contribution in [0.1, 0.15) is 146 Å². The van der Waals surface area contributed by atoms with Crippen molar-refractivity contribution in [2.24, 2.45) is 0 Å². The van der Waals surface area contributed by atoms with E-state index >= 15 is 9.18 Å². The summed E-state index contributed by atoms with van der Waals surface area (Å²) in [5, 5.41) is 6.22. The van der Waals surface area contributed by atoms with Crippen LogP contribution in [0.15, 0.2) is 42.7 Å². The molecule has 2 N–H and O–H groups in total. The van der Waals surface area contributed by atoms with Gasteiger partial charge in [0.05, 0.1) is 28.6 Å². The van der Waals surface area contributed by atoms with Gasteiger partial charge >= 0.3 is 0 Å². The molecule has 9 rings (SSSR count). The minimum Gasteiger partial charge on any atom is -0.350 e. The van der Waals surface area contributed by atoms with Gasteiger partial charge in [-0.25, -0.2) is 14.4 Å². The number of nitrogens with one attached hydrogen (secondary N) is 2. The molecule has 2 saturated carbocycles. The average molecular weight is 870 g/mol. The van der Waals surface area contributed by atoms with Crippen LogP contribution in [0, 0.1) is 12.7 Å². The number of halogens is 1. The monoisotopic (exact) mass is 870 g/mol. The van der Waals surface area contributed by atoms with Crippen LogP contribution in [0.2, 0.25) is 11.6 Å². The van der Waals surface area contributed by atoms with E-state index in [1.165, 1.54) is 63.9 Å². The molecular formula is C51H67BFN8O3. The zero-order valence-electron chi connectivity index (χ0n) is 38.9. The lowest BCUT2D eigenvalue weighted by molar-refractivity contribution is -0.134. The Labute approximate surface area is 379 Å². The molecule has 3 aliphatic heterocycles. The molecule has 339 valence electrons. The highest BCUT2D eigenvalue weighted by Crippen LogP contribution is 2.52. The van der Waals surface area contributed by atoms with Gasteiger partial charge in [0.15, 0.2) is 5.82 Å². The Bertz CT molecular complexity index is 2390. The van der Waals surface area contributed by atoms with Crippen molar-refractivity contribution in [1.82, 2.24) is 29.7 Å². The van der Waals surface area contributed by atoms with Gasteiger partial charge in [0.25, 0.3) is 5.91 Å². The second kappa shape index (κ2) is 18.2. The summed E-state index contributed by atoms with van der Waals surface area (Å²) in [6.45, 7) is 14.6. The van der Waals surface area contributed by atoms with E-state index in [-0.39, 0.29) is 41.5 Å². The zero-order chi connectivity index (χ0) is 44.9. The van der Waals surface area contributed by atoms with Crippen molar-refractivity contribution in [2.75, 3.05) is 36.4 Å². The summed E-state index contributed by atoms with van der Waals surface area (Å²) in [5.41, 5.74) is 5.26. The maximum atomic E-state index is 15.8. The number of pyridine rings is 1. The van der Waals surface area contributed by atoms with Crippen molar-refractivity contribution in [3.05, 3.63) is 65.2 Å². The van der Waals surface area contributed by atoms with Gasteiger partial charge in [-0.05, 0) is 115 Å². The van der Waals surface area contributed by atoms with Crippen molar-refractivity contribution >= 4 is 53.2 Å². The van der Waals surface area contributed by atoms with Gasteiger partial charge in [0, 0.05) is 61.0 Å². The second-order valence-corrected chi connectivity index (χ2v) is 20.3. The van der Waals surface area contributed by atoms with Crippen LogP contribution >= 0.6 is 0 Å². The molecule has 3 amide bonds. The minimum atomic E-state index is -0.684. The molecule has 1 spiro atoms. The number of hydrogen-bond acceptors (Lipinski definition) is 7. The molecule has 1 unspecified atom stereocenters. The third-order valence-electron chi connectivity index (χ3n) is 15.3. The standard InChI is InChI=1S/C51H67BFN8O3/c1-31(2)55-49(63)40-27-44(42(53)23-33(40)5)57-48-47-45(54-30-60(47)32(3)4)28-43(56-48)35-16-17-41-46(24-35)61(50(64)51(41)18-21-58(22-19-51)34(6)62)39-25-38(26-39)59-20-12-15-37(29-59)52-36-13-10-8-7-9-11-14-36/h16-17,23-24,27-28,30-32,36-39H,7-15,18-22,25-26,29H2,1-6H3,(H,55,63)(H,56,57). The predicted octanol–water partition coefficient (Wildman–Crippen LogP) is 9.89. The number of anilines is 3. The Hall–Kier alpha value is -4.78. The quantitative estimate of drug-likeness (QED) is 0.153. The fraction of sp³-hybridized carbons (Fsp3) is 0.588. The maximum Gasteiger partial charge on any atom is 0.251 e. The number of aryl methyl sites for hydroxylation is 1. The van der Waals surface area contributed by atoms with Gasteiger partial charge in [-0.15, -0.1) is 0 Å². The lowest BCUT2D eigenvalue weighted by atomic mass is 9.50. The number of imidazole rings is 1. The van der Waals surface area contributed by atoms with Crippen LogP contribution in [0.5, 0.6) is 0 Å². The highest BCUT2D eigenvalue weighted by atomic mass is 19.1. The molecule has 1 radical (unpaired) electrons. The van der Waals surface area contributed by atoms with Crippen molar-refractivity contribution < 1.29 is 18.8 Å². The number of carbonyl (C=O) groups is 3. The van der Waals surface area contributed by atoms with Crippen LogP contribution in [-0.4, -0.2) is 93.6 Å². The van der Waals surface area contributed by atoms with Crippen molar-refractivity contribution in [3.8, 4) is 11.3 Å². The number of piperidine rings is 2. The van der Waals surface area contributed by atoms with Gasteiger partial charge in [-0.1, -0.05) is 75.1 Å². The number of benzene rings is 2. The van der Waals surface area contributed by atoms with E-state index in [4.69, 9.17) is 9.97 Å². The molecule has 5 aliphatic rings. The second-order valence-electron chi connectivity index (χ2n) is 20.3. The fourth-order valence-corrected chi connectivity index (χ4v) is 11.6. The SMILES string of the molecule is CC(=O)N1CCC2(CC1)C(=O)N(C1CC(N3CCCC([B]C4CCCCCCC4)C3)C1)c1cc(-c3cc4ncn(C(C)C)c4c(Nc4cc(C(=O)NC(C)C)c(C)cc4F)n3)ccc12. The highest BCUT2D eigenvalue weighted by Gasteiger charge is 2.56. The first-order valence-electron chi connectivity index (χ1n) is 24.4. The first-order chi connectivity index (χ1) is 30.8. The third kappa shape index (κ3) is 8.58. The molecule has 13 heteroatoms. The number of fused-ring (bicyclic) bond motifs is 3. The smallest absolute Gasteiger partial charge is 0.251 e. The van der Waals surface area contributed by atoms with E-state index in [9.17, 15) is 9.59 Å². The molecule has 11 nitrogen and oxygen atoms in total. The molecule has 1 atom stereocenters. The normalized spacial score (nSPS) is 23.0. The predicted molar refractivity (Wildman–Crippen MR) is 254 cm³/mol. The summed E-state index contributed by atoms with van der Waals surface area (Å²) in [4.78, 5) is 57.4. The Morgan fingerprint density at radius 1 is 0.891 bits per heavy atom. The van der Waals surface area contributed by atoms with E-state index in [1.807, 2.05) is 29.4 Å². The van der Waals surface area contributed by atoms with E-state index in [0.29, 0.717) is 65.9 Å². The lowest BCUT2D eigenvalue weighted by Gasteiger charge is -2.49. The highest BCUT2D eigenvalue weighted by molar-refractivity contribution is 6.39. The summed E-state index contributed by atoms with van der Waals surface area (Å²) in [7, 11) is 2.73. The topological polar surface area (TPSA) is 116 Å². The molecular weight excluding hydrogens is 802 g/mol. The molecule has 4 aromatic rings. The number of amides is 3. The number of rotatable bonds is 10. The Morgan fingerprint density at radius 3 is 2.31 bits per heavy atom. The Balaban J connectivity index is 1.03. The summed E-state index contributed by atoms with van der Waals surface area (Å²) in [6.07, 6.45) is 17.0. The summed E-state index contributed by atoms with van der Waals surface area (Å²) < 4.78 is 17.8. The van der Waals surface area contributed by atoms with Gasteiger partial charge in [0.1, 0.15) is 18.6 Å². The van der Waals surface area contributed by atoms with Crippen molar-refractivity contribution in [3.63, 3.8) is 0 Å². The molecule has 2 aromatic carbocycles. The van der Waals surface area contributed by atoms with Crippen LogP contribution in [-0.2, 0) is 15.0 Å². The summed E-state index contributed by atoms with van der Waals surface area (Å²) in [5.74, 6) is 1.27. The summed E-state index contributed by atoms with van der Waals surface area (Å²) in [6, 6.07) is 11.7. The van der Waals surface area contributed by atoms with E-state index < -0.39 is 11.2 Å². The van der Waals surface area contributed by atoms with Gasteiger partial charge in [-0.3, -0.25) is 14.4 Å². The number of aromatic nitrogens is 3. The first-order valence-corrected chi connectivity index (χ1v) is 24.4. The lowest BCUT2D eigenvalue weighted by Crippen LogP contribution is -2.59. The van der Waals surface area contributed by atoms with Crippen LogP contribution < -0.4 is 15.5 Å². The van der Waals surface area contributed by atoms with E-state index in [0.717, 1.165) is 54.1 Å². The van der Waals surface area contributed by atoms with Crippen LogP contribution in [0.25, 0.3) is 22.3 Å². The first kappa shape index (κ1) is 44.4. The molecule has 2 saturated heterocycles. The van der Waals surface area contributed by atoms with Crippen LogP contribution in [0.3, 0.4) is 0 Å². The van der Waals surface area contributed by atoms with Gasteiger partial charge < -0.3 is 29.9 Å². The van der Waals surface area contributed by atoms with Gasteiger partial charge in [-0.2, -0.15) is 0 Å². The molecule has 4 fully saturated rings. The van der Waals surface area contributed by atoms with Crippen molar-refractivity contribution in [2.45, 2.75) is 166 Å². The average Bonchev–Trinajstić information content (AvgIpc) is 3.77.